The molecule has 0 aliphatic carbocycles. The van der Waals surface area contributed by atoms with E-state index in [2.05, 4.69) is 0 Å². The van der Waals surface area contributed by atoms with Gasteiger partial charge in [-0.05, 0) is 12.1 Å². The first-order chi connectivity index (χ1) is 6.25. The summed E-state index contributed by atoms with van der Waals surface area (Å²) >= 11 is 0. The molecule has 0 radical (unpaired) electrons. The number of hydrogen-bond acceptors (Lipinski definition) is 3. The van der Waals surface area contributed by atoms with Gasteiger partial charge in [-0.25, -0.2) is 4.90 Å². The van der Waals surface area contributed by atoms with Crippen LogP contribution in [0.3, 0.4) is 0 Å². The SMILES string of the molecule is N#CC(=O)N1C(=O)c2ccccc21. The Balaban J connectivity index is 2.47. The van der Waals surface area contributed by atoms with Gasteiger partial charge in [0.05, 0.1) is 11.3 Å². The smallest absolute Gasteiger partial charge is 0.268 e. The number of nitrogens with zero attached hydrogens (tertiary/aromatic N) is 2. The van der Waals surface area contributed by atoms with Crippen LogP contribution < -0.4 is 4.90 Å². The molecule has 62 valence electrons. The van der Waals surface area contributed by atoms with Crippen LogP contribution in [-0.2, 0) is 4.79 Å². The summed E-state index contributed by atoms with van der Waals surface area (Å²) < 4.78 is 0. The molecule has 1 heterocycles. The van der Waals surface area contributed by atoms with Gasteiger partial charge in [-0.1, -0.05) is 12.1 Å². The normalized spacial score (nSPS) is 12.8. The van der Waals surface area contributed by atoms with Gasteiger partial charge in [0.15, 0.2) is 6.07 Å². The molecule has 0 saturated carbocycles. The molecule has 1 aliphatic rings. The molecular formula is C9H4N2O2. The van der Waals surface area contributed by atoms with E-state index in [1.807, 2.05) is 0 Å². The maximum Gasteiger partial charge on any atom is 0.336 e. The van der Waals surface area contributed by atoms with Crippen molar-refractivity contribution in [2.75, 3.05) is 4.90 Å². The number of rotatable bonds is 0. The fourth-order valence-electron chi connectivity index (χ4n) is 1.28. The number of nitriles is 1. The number of amides is 2. The zero-order valence-corrected chi connectivity index (χ0v) is 6.52. The van der Waals surface area contributed by atoms with Crippen LogP contribution in [0.5, 0.6) is 0 Å². The summed E-state index contributed by atoms with van der Waals surface area (Å²) in [6, 6.07) is 8.08. The summed E-state index contributed by atoms with van der Waals surface area (Å²) in [5, 5.41) is 8.32. The molecule has 0 atom stereocenters. The Hall–Kier alpha value is -2.15. The lowest BCUT2D eigenvalue weighted by Gasteiger charge is -2.28. The van der Waals surface area contributed by atoms with Crippen molar-refractivity contribution in [2.45, 2.75) is 0 Å². The Kier molecular flexibility index (Phi) is 1.40. The summed E-state index contributed by atoms with van der Waals surface area (Å²) in [5.41, 5.74) is 1.00. The van der Waals surface area contributed by atoms with Crippen LogP contribution in [0.25, 0.3) is 0 Å². The fraction of sp³-hybridized carbons (Fsp3) is 0. The van der Waals surface area contributed by atoms with Gasteiger partial charge < -0.3 is 0 Å². The number of carbonyl (C=O) groups is 2. The molecule has 0 N–H and O–H groups in total. The Labute approximate surface area is 74.0 Å². The quantitative estimate of drug-likeness (QED) is 0.541. The van der Waals surface area contributed by atoms with Crippen LogP contribution in [0, 0.1) is 11.3 Å². The second kappa shape index (κ2) is 2.42. The molecule has 0 fully saturated rings. The second-order valence-corrected chi connectivity index (χ2v) is 2.57. The molecule has 4 nitrogen and oxygen atoms in total. The standard InChI is InChI=1S/C9H4N2O2/c10-5-8(12)11-7-4-2-1-3-6(7)9(11)13/h1-4H. The Bertz CT molecular complexity index is 445. The number of hydrogen-bond donors (Lipinski definition) is 0. The lowest BCUT2D eigenvalue weighted by atomic mass is 10.0. The van der Waals surface area contributed by atoms with Gasteiger partial charge in [0.2, 0.25) is 0 Å². The van der Waals surface area contributed by atoms with Crippen LogP contribution in [0.4, 0.5) is 5.69 Å². The number of anilines is 1. The van der Waals surface area contributed by atoms with E-state index >= 15 is 0 Å². The van der Waals surface area contributed by atoms with E-state index in [-0.39, 0.29) is 0 Å². The third kappa shape index (κ3) is 0.842. The molecule has 1 aromatic carbocycles. The number of fused-ring (bicyclic) bond motifs is 1. The molecular weight excluding hydrogens is 168 g/mol. The first kappa shape index (κ1) is 7.50. The number of para-hydroxylation sites is 1. The Morgan fingerprint density at radius 2 is 2.08 bits per heavy atom. The van der Waals surface area contributed by atoms with Crippen LogP contribution in [0.1, 0.15) is 10.4 Å². The van der Waals surface area contributed by atoms with E-state index in [4.69, 9.17) is 5.26 Å². The summed E-state index contributed by atoms with van der Waals surface area (Å²) in [6.07, 6.45) is 0. The van der Waals surface area contributed by atoms with E-state index in [0.29, 0.717) is 11.3 Å². The number of benzene rings is 1. The Morgan fingerprint density at radius 3 is 2.77 bits per heavy atom. The van der Waals surface area contributed by atoms with E-state index in [1.54, 1.807) is 24.3 Å². The van der Waals surface area contributed by atoms with Crippen molar-refractivity contribution >= 4 is 17.5 Å². The van der Waals surface area contributed by atoms with Crippen molar-refractivity contribution in [2.24, 2.45) is 0 Å². The fourth-order valence-corrected chi connectivity index (χ4v) is 1.28. The maximum absolute atomic E-state index is 11.2. The summed E-state index contributed by atoms with van der Waals surface area (Å²) in [7, 11) is 0. The third-order valence-corrected chi connectivity index (χ3v) is 1.88. The van der Waals surface area contributed by atoms with Crippen molar-refractivity contribution in [1.29, 1.82) is 5.26 Å². The Morgan fingerprint density at radius 1 is 1.38 bits per heavy atom. The van der Waals surface area contributed by atoms with Crippen molar-refractivity contribution in [3.05, 3.63) is 29.8 Å². The maximum atomic E-state index is 11.2. The number of carbonyl (C=O) groups excluding carboxylic acids is 2. The van der Waals surface area contributed by atoms with Gasteiger partial charge in [0, 0.05) is 0 Å². The molecule has 0 bridgehead atoms. The van der Waals surface area contributed by atoms with E-state index in [1.165, 1.54) is 6.07 Å². The molecule has 0 saturated heterocycles. The van der Waals surface area contributed by atoms with E-state index in [9.17, 15) is 9.59 Å². The highest BCUT2D eigenvalue weighted by atomic mass is 16.2. The van der Waals surface area contributed by atoms with Crippen molar-refractivity contribution in [3.63, 3.8) is 0 Å². The highest BCUT2D eigenvalue weighted by Crippen LogP contribution is 2.31. The average Bonchev–Trinajstić information content (AvgIpc) is 2.17. The average molecular weight is 172 g/mol. The van der Waals surface area contributed by atoms with Gasteiger partial charge in [0.1, 0.15) is 0 Å². The van der Waals surface area contributed by atoms with Crippen LogP contribution in [-0.4, -0.2) is 11.8 Å². The van der Waals surface area contributed by atoms with Gasteiger partial charge in [-0.3, -0.25) is 9.59 Å². The molecule has 2 rings (SSSR count). The number of imide groups is 1. The molecule has 0 aromatic heterocycles. The largest absolute Gasteiger partial charge is 0.336 e. The lowest BCUT2D eigenvalue weighted by Crippen LogP contribution is -2.44. The molecule has 0 spiro atoms. The van der Waals surface area contributed by atoms with Gasteiger partial charge in [0.25, 0.3) is 5.91 Å². The third-order valence-electron chi connectivity index (χ3n) is 1.88. The van der Waals surface area contributed by atoms with Gasteiger partial charge in [-0.15, -0.1) is 0 Å². The van der Waals surface area contributed by atoms with Crippen LogP contribution in [0.2, 0.25) is 0 Å². The monoisotopic (exact) mass is 172 g/mol. The highest BCUT2D eigenvalue weighted by Gasteiger charge is 2.37. The second-order valence-electron chi connectivity index (χ2n) is 2.57. The minimum absolute atomic E-state index is 0.401. The van der Waals surface area contributed by atoms with Crippen molar-refractivity contribution < 1.29 is 9.59 Å². The van der Waals surface area contributed by atoms with Gasteiger partial charge >= 0.3 is 5.91 Å². The summed E-state index contributed by atoms with van der Waals surface area (Å²) in [5.74, 6) is -1.23. The molecule has 4 heteroatoms. The highest BCUT2D eigenvalue weighted by molar-refractivity contribution is 6.34. The minimum Gasteiger partial charge on any atom is -0.268 e. The van der Waals surface area contributed by atoms with Crippen LogP contribution in [0.15, 0.2) is 24.3 Å². The molecule has 13 heavy (non-hydrogen) atoms. The molecule has 2 amide bonds. The minimum atomic E-state index is -0.830. The van der Waals surface area contributed by atoms with E-state index < -0.39 is 11.8 Å². The zero-order valence-electron chi connectivity index (χ0n) is 6.52. The summed E-state index contributed by atoms with van der Waals surface area (Å²) in [6.45, 7) is 0. The van der Waals surface area contributed by atoms with Crippen molar-refractivity contribution in [3.8, 4) is 6.07 Å². The summed E-state index contributed by atoms with van der Waals surface area (Å²) in [4.78, 5) is 23.0. The first-order valence-electron chi connectivity index (χ1n) is 3.63. The molecule has 0 unspecified atom stereocenters. The first-order valence-corrected chi connectivity index (χ1v) is 3.63. The lowest BCUT2D eigenvalue weighted by molar-refractivity contribution is -0.113. The molecule has 1 aromatic rings. The predicted octanol–water partition coefficient (Wildman–Crippen LogP) is 0.697. The van der Waals surface area contributed by atoms with Gasteiger partial charge in [-0.2, -0.15) is 5.26 Å². The zero-order chi connectivity index (χ0) is 9.42. The van der Waals surface area contributed by atoms with Crippen molar-refractivity contribution in [1.82, 2.24) is 0 Å². The van der Waals surface area contributed by atoms with E-state index in [0.717, 1.165) is 4.90 Å². The topological polar surface area (TPSA) is 61.2 Å². The van der Waals surface area contributed by atoms with Crippen LogP contribution >= 0.6 is 0 Å². The molecule has 1 aliphatic heterocycles. The predicted molar refractivity (Wildman–Crippen MR) is 43.9 cm³/mol.